The first-order chi connectivity index (χ1) is 6.84. The topological polar surface area (TPSA) is 0 Å². The van der Waals surface area contributed by atoms with E-state index in [0.29, 0.717) is 0 Å². The van der Waals surface area contributed by atoms with Crippen molar-refractivity contribution < 1.29 is 0 Å². The van der Waals surface area contributed by atoms with Crippen LogP contribution in [0.2, 0.25) is 0 Å². The maximum Gasteiger partial charge on any atom is -0.00261 e. The second kappa shape index (κ2) is 6.72. The van der Waals surface area contributed by atoms with Gasteiger partial charge in [-0.1, -0.05) is 37.6 Å². The summed E-state index contributed by atoms with van der Waals surface area (Å²) < 4.78 is 0. The quantitative estimate of drug-likeness (QED) is 0.639. The van der Waals surface area contributed by atoms with Gasteiger partial charge in [0.1, 0.15) is 0 Å². The Morgan fingerprint density at radius 2 is 2.07 bits per heavy atom. The van der Waals surface area contributed by atoms with Crippen molar-refractivity contribution in [1.82, 2.24) is 0 Å². The lowest BCUT2D eigenvalue weighted by molar-refractivity contribution is 0.898. The van der Waals surface area contributed by atoms with Gasteiger partial charge in [0.2, 0.25) is 0 Å². The van der Waals surface area contributed by atoms with E-state index >= 15 is 0 Å². The van der Waals surface area contributed by atoms with E-state index in [4.69, 9.17) is 0 Å². The molecule has 0 heterocycles. The smallest absolute Gasteiger partial charge is 0.00261 e. The van der Waals surface area contributed by atoms with Gasteiger partial charge < -0.3 is 0 Å². The minimum atomic E-state index is 1.24. The predicted molar refractivity (Wildman–Crippen MR) is 67.6 cm³/mol. The Bertz CT molecular complexity index is 289. The summed E-state index contributed by atoms with van der Waals surface area (Å²) in [6, 6.07) is 8.48. The summed E-state index contributed by atoms with van der Waals surface area (Å²) in [5, 5.41) is 2.21. The first-order valence-electron chi connectivity index (χ1n) is 5.18. The van der Waals surface area contributed by atoms with E-state index in [2.05, 4.69) is 49.6 Å². The van der Waals surface area contributed by atoms with Gasteiger partial charge in [0.25, 0.3) is 0 Å². The Labute approximate surface area is 91.4 Å². The standard InChI is InChI=1S/C13H18S/c1-3-4-10-14-11-9-13-8-6-5-7-12(13)2/h5-9,11H,3-4,10H2,1-2H3/b11-9+. The molecule has 0 atom stereocenters. The van der Waals surface area contributed by atoms with Crippen molar-refractivity contribution in [2.75, 3.05) is 5.75 Å². The van der Waals surface area contributed by atoms with Crippen LogP contribution in [-0.4, -0.2) is 5.75 Å². The van der Waals surface area contributed by atoms with Crippen LogP contribution in [0.4, 0.5) is 0 Å². The molecular weight excluding hydrogens is 188 g/mol. The number of thioether (sulfide) groups is 1. The molecule has 0 fully saturated rings. The van der Waals surface area contributed by atoms with E-state index in [1.54, 1.807) is 0 Å². The second-order valence-corrected chi connectivity index (χ2v) is 4.40. The number of aryl methyl sites for hydroxylation is 1. The molecule has 0 aliphatic heterocycles. The van der Waals surface area contributed by atoms with Gasteiger partial charge in [-0.2, -0.15) is 0 Å². The molecule has 1 rings (SSSR count). The van der Waals surface area contributed by atoms with E-state index in [9.17, 15) is 0 Å². The normalized spacial score (nSPS) is 11.0. The number of unbranched alkanes of at least 4 members (excludes halogenated alkanes) is 1. The van der Waals surface area contributed by atoms with Gasteiger partial charge >= 0.3 is 0 Å². The minimum absolute atomic E-state index is 1.24. The van der Waals surface area contributed by atoms with Crippen LogP contribution in [0.25, 0.3) is 6.08 Å². The average Bonchev–Trinajstić information content (AvgIpc) is 2.20. The molecule has 0 saturated heterocycles. The number of rotatable bonds is 5. The predicted octanol–water partition coefficient (Wildman–Crippen LogP) is 4.50. The zero-order chi connectivity index (χ0) is 10.2. The van der Waals surface area contributed by atoms with E-state index in [1.165, 1.54) is 29.7 Å². The highest BCUT2D eigenvalue weighted by atomic mass is 32.2. The van der Waals surface area contributed by atoms with Gasteiger partial charge in [-0.25, -0.2) is 0 Å². The summed E-state index contributed by atoms with van der Waals surface area (Å²) in [5.41, 5.74) is 2.68. The molecule has 0 radical (unpaired) electrons. The third-order valence-electron chi connectivity index (χ3n) is 2.15. The van der Waals surface area contributed by atoms with Gasteiger partial charge in [0.15, 0.2) is 0 Å². The second-order valence-electron chi connectivity index (χ2n) is 3.38. The van der Waals surface area contributed by atoms with Gasteiger partial charge in [-0.3, -0.25) is 0 Å². The lowest BCUT2D eigenvalue weighted by atomic mass is 10.1. The number of hydrogen-bond donors (Lipinski definition) is 0. The maximum absolute atomic E-state index is 2.23. The highest BCUT2D eigenvalue weighted by Gasteiger charge is 1.90. The molecule has 0 aliphatic rings. The Kier molecular flexibility index (Phi) is 5.46. The summed E-state index contributed by atoms with van der Waals surface area (Å²) in [5.74, 6) is 1.24. The van der Waals surface area contributed by atoms with Crippen molar-refractivity contribution in [3.05, 3.63) is 40.8 Å². The lowest BCUT2D eigenvalue weighted by Crippen LogP contribution is -1.77. The van der Waals surface area contributed by atoms with Crippen LogP contribution in [0, 0.1) is 6.92 Å². The van der Waals surface area contributed by atoms with Gasteiger partial charge in [0, 0.05) is 0 Å². The maximum atomic E-state index is 2.23. The highest BCUT2D eigenvalue weighted by Crippen LogP contribution is 2.13. The molecule has 0 nitrogen and oxygen atoms in total. The zero-order valence-corrected chi connectivity index (χ0v) is 9.81. The van der Waals surface area contributed by atoms with Crippen molar-refractivity contribution in [1.29, 1.82) is 0 Å². The van der Waals surface area contributed by atoms with E-state index in [1.807, 2.05) is 11.8 Å². The Morgan fingerprint density at radius 1 is 1.29 bits per heavy atom. The van der Waals surface area contributed by atoms with Crippen molar-refractivity contribution in [3.8, 4) is 0 Å². The Hall–Kier alpha value is -0.690. The molecule has 0 unspecified atom stereocenters. The molecule has 0 aromatic heterocycles. The van der Waals surface area contributed by atoms with Crippen LogP contribution >= 0.6 is 11.8 Å². The molecule has 0 saturated carbocycles. The third-order valence-corrected chi connectivity index (χ3v) is 3.00. The first kappa shape index (κ1) is 11.4. The zero-order valence-electron chi connectivity index (χ0n) is 8.99. The fraction of sp³-hybridized carbons (Fsp3) is 0.385. The van der Waals surface area contributed by atoms with E-state index in [-0.39, 0.29) is 0 Å². The van der Waals surface area contributed by atoms with Crippen LogP contribution in [0.3, 0.4) is 0 Å². The molecule has 76 valence electrons. The van der Waals surface area contributed by atoms with Crippen LogP contribution in [0.5, 0.6) is 0 Å². The van der Waals surface area contributed by atoms with Crippen molar-refractivity contribution in [2.45, 2.75) is 26.7 Å². The van der Waals surface area contributed by atoms with Crippen molar-refractivity contribution in [2.24, 2.45) is 0 Å². The van der Waals surface area contributed by atoms with Crippen molar-refractivity contribution in [3.63, 3.8) is 0 Å². The van der Waals surface area contributed by atoms with Crippen molar-refractivity contribution >= 4 is 17.8 Å². The number of hydrogen-bond acceptors (Lipinski definition) is 1. The lowest BCUT2D eigenvalue weighted by Gasteiger charge is -1.98. The first-order valence-corrected chi connectivity index (χ1v) is 6.23. The monoisotopic (exact) mass is 206 g/mol. The fourth-order valence-corrected chi connectivity index (χ4v) is 2.03. The summed E-state index contributed by atoms with van der Waals surface area (Å²) in [6.45, 7) is 4.38. The highest BCUT2D eigenvalue weighted by molar-refractivity contribution is 8.02. The molecule has 0 N–H and O–H groups in total. The molecule has 0 aliphatic carbocycles. The molecule has 0 amide bonds. The minimum Gasteiger partial charge on any atom is -0.134 e. The van der Waals surface area contributed by atoms with Crippen LogP contribution < -0.4 is 0 Å². The summed E-state index contributed by atoms with van der Waals surface area (Å²) in [6.07, 6.45) is 4.80. The average molecular weight is 206 g/mol. The van der Waals surface area contributed by atoms with Crippen LogP contribution in [0.15, 0.2) is 29.7 Å². The molecule has 1 aromatic carbocycles. The van der Waals surface area contributed by atoms with Gasteiger partial charge in [-0.05, 0) is 41.7 Å². The van der Waals surface area contributed by atoms with Crippen LogP contribution in [0.1, 0.15) is 30.9 Å². The van der Waals surface area contributed by atoms with E-state index in [0.717, 1.165) is 0 Å². The molecule has 14 heavy (non-hydrogen) atoms. The van der Waals surface area contributed by atoms with Gasteiger partial charge in [0.05, 0.1) is 0 Å². The largest absolute Gasteiger partial charge is 0.134 e. The molecule has 0 spiro atoms. The molecule has 1 aromatic rings. The number of benzene rings is 1. The molecule has 0 bridgehead atoms. The fourth-order valence-electron chi connectivity index (χ4n) is 1.19. The Balaban J connectivity index is 2.40. The molecular formula is C13H18S. The van der Waals surface area contributed by atoms with E-state index < -0.39 is 0 Å². The summed E-state index contributed by atoms with van der Waals surface area (Å²) >= 11 is 1.90. The summed E-state index contributed by atoms with van der Waals surface area (Å²) in [7, 11) is 0. The van der Waals surface area contributed by atoms with Crippen LogP contribution in [-0.2, 0) is 0 Å². The Morgan fingerprint density at radius 3 is 2.79 bits per heavy atom. The summed E-state index contributed by atoms with van der Waals surface area (Å²) in [4.78, 5) is 0. The SMILES string of the molecule is CCCCS/C=C/c1ccccc1C. The molecule has 1 heteroatoms. The van der Waals surface area contributed by atoms with Gasteiger partial charge in [-0.15, -0.1) is 11.8 Å². The third kappa shape index (κ3) is 4.01.